The number of benzene rings is 1. The van der Waals surface area contributed by atoms with Crippen LogP contribution in [0.15, 0.2) is 17.2 Å². The molecule has 0 saturated heterocycles. The molecule has 1 atom stereocenters. The van der Waals surface area contributed by atoms with Gasteiger partial charge in [0.2, 0.25) is 5.88 Å². The molecule has 32 heavy (non-hydrogen) atoms. The van der Waals surface area contributed by atoms with E-state index in [1.807, 2.05) is 0 Å². The molecule has 2 heterocycles. The van der Waals surface area contributed by atoms with Crippen molar-refractivity contribution in [1.29, 1.82) is 0 Å². The maximum absolute atomic E-state index is 12.9. The van der Waals surface area contributed by atoms with E-state index in [1.165, 1.54) is 15.8 Å². The number of carbonyl (C=O) groups excluding carboxylic acids is 1. The lowest BCUT2D eigenvalue weighted by molar-refractivity contribution is -0.0260. The smallest absolute Gasteiger partial charge is 0.333 e. The van der Waals surface area contributed by atoms with Crippen LogP contribution >= 0.6 is 0 Å². The topological polar surface area (TPSA) is 132 Å². The van der Waals surface area contributed by atoms with Crippen molar-refractivity contribution in [2.75, 3.05) is 25.1 Å². The SMILES string of the molecule is O=C(Nc1c2c(cc3c1CCC3)CCC2)NS(=O)(=O)c1cnn2c1OCC(OCCO)C2. The monoisotopic (exact) mass is 462 g/mol. The van der Waals surface area contributed by atoms with Crippen molar-refractivity contribution in [2.45, 2.75) is 56.1 Å². The summed E-state index contributed by atoms with van der Waals surface area (Å²) in [5.74, 6) is 0.0654. The molecule has 0 radical (unpaired) electrons. The molecule has 0 fully saturated rings. The molecule has 0 spiro atoms. The summed E-state index contributed by atoms with van der Waals surface area (Å²) in [5, 5.41) is 15.8. The number of ether oxygens (including phenoxy) is 2. The zero-order chi connectivity index (χ0) is 22.3. The highest BCUT2D eigenvalue weighted by Crippen LogP contribution is 2.38. The van der Waals surface area contributed by atoms with Crippen molar-refractivity contribution >= 4 is 21.7 Å². The fraction of sp³-hybridized carbons (Fsp3) is 0.524. The molecular weight excluding hydrogens is 436 g/mol. The van der Waals surface area contributed by atoms with Crippen LogP contribution in [0.5, 0.6) is 5.88 Å². The molecule has 0 bridgehead atoms. The normalized spacial score (nSPS) is 19.1. The van der Waals surface area contributed by atoms with Crippen LogP contribution < -0.4 is 14.8 Å². The van der Waals surface area contributed by atoms with E-state index in [2.05, 4.69) is 21.2 Å². The number of rotatable bonds is 6. The summed E-state index contributed by atoms with van der Waals surface area (Å²) >= 11 is 0. The van der Waals surface area contributed by atoms with Gasteiger partial charge in [0.15, 0.2) is 4.90 Å². The van der Waals surface area contributed by atoms with E-state index in [0.717, 1.165) is 61.5 Å². The van der Waals surface area contributed by atoms with Crippen LogP contribution in [-0.2, 0) is 47.0 Å². The van der Waals surface area contributed by atoms with Gasteiger partial charge in [-0.25, -0.2) is 22.6 Å². The molecule has 172 valence electrons. The summed E-state index contributed by atoms with van der Waals surface area (Å²) in [5.41, 5.74) is 5.52. The van der Waals surface area contributed by atoms with E-state index in [4.69, 9.17) is 14.6 Å². The van der Waals surface area contributed by atoms with Gasteiger partial charge in [0.05, 0.1) is 26.0 Å². The summed E-state index contributed by atoms with van der Waals surface area (Å²) in [6.07, 6.45) is 6.64. The van der Waals surface area contributed by atoms with E-state index in [9.17, 15) is 13.2 Å². The quantitative estimate of drug-likeness (QED) is 0.587. The summed E-state index contributed by atoms with van der Waals surface area (Å²) < 4.78 is 40.3. The Kier molecular flexibility index (Phi) is 5.56. The number of amides is 2. The molecule has 11 heteroatoms. The van der Waals surface area contributed by atoms with Crippen molar-refractivity contribution in [3.05, 3.63) is 34.5 Å². The number of carbonyl (C=O) groups is 1. The first-order chi connectivity index (χ1) is 15.5. The van der Waals surface area contributed by atoms with Gasteiger partial charge in [0.1, 0.15) is 12.7 Å². The highest BCUT2D eigenvalue weighted by Gasteiger charge is 2.32. The van der Waals surface area contributed by atoms with Gasteiger partial charge in [0, 0.05) is 5.69 Å². The number of aryl methyl sites for hydroxylation is 2. The fourth-order valence-corrected chi connectivity index (χ4v) is 5.82. The third-order valence-corrected chi connectivity index (χ3v) is 7.53. The summed E-state index contributed by atoms with van der Waals surface area (Å²) in [6, 6.07) is 1.46. The van der Waals surface area contributed by atoms with Crippen molar-refractivity contribution in [1.82, 2.24) is 14.5 Å². The Morgan fingerprint density at radius 2 is 1.94 bits per heavy atom. The molecule has 2 aliphatic carbocycles. The average molecular weight is 463 g/mol. The zero-order valence-corrected chi connectivity index (χ0v) is 18.4. The lowest BCUT2D eigenvalue weighted by atomic mass is 9.99. The van der Waals surface area contributed by atoms with Gasteiger partial charge < -0.3 is 19.9 Å². The summed E-state index contributed by atoms with van der Waals surface area (Å²) in [7, 11) is -4.19. The van der Waals surface area contributed by atoms with Gasteiger partial charge in [-0.2, -0.15) is 5.10 Å². The number of aliphatic hydroxyl groups excluding tert-OH is 1. The van der Waals surface area contributed by atoms with Gasteiger partial charge in [-0.05, 0) is 60.8 Å². The Labute approximate surface area is 186 Å². The number of hydrogen-bond acceptors (Lipinski definition) is 7. The number of urea groups is 1. The molecule has 2 aromatic rings. The van der Waals surface area contributed by atoms with Crippen LogP contribution in [0, 0.1) is 0 Å². The zero-order valence-electron chi connectivity index (χ0n) is 17.6. The maximum Gasteiger partial charge on any atom is 0.333 e. The van der Waals surface area contributed by atoms with E-state index in [-0.39, 0.29) is 36.7 Å². The van der Waals surface area contributed by atoms with Crippen LogP contribution in [0.25, 0.3) is 0 Å². The highest BCUT2D eigenvalue weighted by molar-refractivity contribution is 7.90. The van der Waals surface area contributed by atoms with Crippen molar-refractivity contribution < 1.29 is 27.8 Å². The van der Waals surface area contributed by atoms with Gasteiger partial charge in [-0.1, -0.05) is 6.07 Å². The molecule has 0 saturated carbocycles. The highest BCUT2D eigenvalue weighted by atomic mass is 32.2. The molecule has 5 rings (SSSR count). The molecular formula is C21H26N4O6S. The number of aliphatic hydroxyl groups is 1. The third-order valence-electron chi connectivity index (χ3n) is 6.22. The second-order valence-corrected chi connectivity index (χ2v) is 9.97. The summed E-state index contributed by atoms with van der Waals surface area (Å²) in [6.45, 7) is 0.460. The number of nitrogens with zero attached hydrogens (tertiary/aromatic N) is 2. The van der Waals surface area contributed by atoms with Gasteiger partial charge in [-0.15, -0.1) is 0 Å². The molecule has 2 amide bonds. The molecule has 3 aliphatic rings. The largest absolute Gasteiger partial charge is 0.474 e. The Bertz CT molecular complexity index is 1130. The van der Waals surface area contributed by atoms with Crippen molar-refractivity contribution in [2.24, 2.45) is 0 Å². The van der Waals surface area contributed by atoms with Gasteiger partial charge in [0.25, 0.3) is 10.0 Å². The Hall–Kier alpha value is -2.63. The van der Waals surface area contributed by atoms with Crippen LogP contribution in [0.3, 0.4) is 0 Å². The average Bonchev–Trinajstić information content (AvgIpc) is 3.50. The Morgan fingerprint density at radius 1 is 1.22 bits per heavy atom. The number of anilines is 1. The number of aromatic nitrogens is 2. The molecule has 1 unspecified atom stereocenters. The number of hydrogen-bond donors (Lipinski definition) is 3. The Morgan fingerprint density at radius 3 is 2.62 bits per heavy atom. The van der Waals surface area contributed by atoms with Gasteiger partial charge >= 0.3 is 6.03 Å². The predicted octanol–water partition coefficient (Wildman–Crippen LogP) is 1.14. The number of sulfonamides is 1. The van der Waals surface area contributed by atoms with E-state index < -0.39 is 16.1 Å². The molecule has 1 aromatic heterocycles. The first-order valence-electron chi connectivity index (χ1n) is 10.9. The van der Waals surface area contributed by atoms with Crippen LogP contribution in [0.4, 0.5) is 10.5 Å². The molecule has 10 nitrogen and oxygen atoms in total. The van der Waals surface area contributed by atoms with Gasteiger partial charge in [-0.3, -0.25) is 0 Å². The van der Waals surface area contributed by atoms with Crippen LogP contribution in [-0.4, -0.2) is 55.3 Å². The fourth-order valence-electron chi connectivity index (χ4n) is 4.84. The number of nitrogens with one attached hydrogen (secondary N) is 2. The lowest BCUT2D eigenvalue weighted by Gasteiger charge is -2.24. The van der Waals surface area contributed by atoms with Crippen molar-refractivity contribution in [3.63, 3.8) is 0 Å². The lowest BCUT2D eigenvalue weighted by Crippen LogP contribution is -2.36. The number of fused-ring (bicyclic) bond motifs is 3. The standard InChI is InChI=1S/C21H26N4O6S/c26-7-8-30-15-11-25-20(31-12-15)18(10-22-25)32(28,29)24-21(27)23-19-16-5-1-3-13(16)9-14-4-2-6-17(14)19/h9-10,15,26H,1-8,11-12H2,(H2,23,24,27). The first-order valence-corrected chi connectivity index (χ1v) is 12.4. The molecule has 1 aromatic carbocycles. The predicted molar refractivity (Wildman–Crippen MR) is 114 cm³/mol. The first kappa shape index (κ1) is 21.2. The molecule has 3 N–H and O–H groups in total. The van der Waals surface area contributed by atoms with E-state index in [0.29, 0.717) is 6.54 Å². The minimum Gasteiger partial charge on any atom is -0.474 e. The van der Waals surface area contributed by atoms with E-state index in [1.54, 1.807) is 0 Å². The minimum absolute atomic E-state index is 0.0654. The summed E-state index contributed by atoms with van der Waals surface area (Å²) in [4.78, 5) is 12.6. The van der Waals surface area contributed by atoms with Crippen LogP contribution in [0.2, 0.25) is 0 Å². The second kappa shape index (κ2) is 8.38. The Balaban J connectivity index is 1.33. The maximum atomic E-state index is 12.9. The van der Waals surface area contributed by atoms with Crippen LogP contribution in [0.1, 0.15) is 35.1 Å². The minimum atomic E-state index is -4.19. The van der Waals surface area contributed by atoms with Crippen molar-refractivity contribution in [3.8, 4) is 5.88 Å². The van der Waals surface area contributed by atoms with E-state index >= 15 is 0 Å². The molecule has 1 aliphatic heterocycles. The second-order valence-electron chi connectivity index (χ2n) is 8.32. The third kappa shape index (κ3) is 3.84.